The predicted octanol–water partition coefficient (Wildman–Crippen LogP) is 2.66. The average Bonchev–Trinajstić information content (AvgIpc) is 2.33. The van der Waals surface area contributed by atoms with Crippen molar-refractivity contribution < 1.29 is 18.3 Å². The zero-order valence-electron chi connectivity index (χ0n) is 11.9. The van der Waals surface area contributed by atoms with Crippen molar-refractivity contribution in [2.75, 3.05) is 46.2 Å². The van der Waals surface area contributed by atoms with Crippen LogP contribution in [0, 0.1) is 0 Å². The molecule has 0 heterocycles. The van der Waals surface area contributed by atoms with Gasteiger partial charge >= 0.3 is 7.60 Å². The molecule has 0 aliphatic carbocycles. The SMILES string of the molecule is CCOP(=O)(CCCCNCCCOC)OCC. The maximum absolute atomic E-state index is 12.1. The molecule has 0 atom stereocenters. The summed E-state index contributed by atoms with van der Waals surface area (Å²) in [4.78, 5) is 0. The number of rotatable bonds is 13. The molecule has 5 nitrogen and oxygen atoms in total. The first-order valence-corrected chi connectivity index (χ1v) is 8.49. The molecule has 1 N–H and O–H groups in total. The number of methoxy groups -OCH3 is 1. The summed E-state index contributed by atoms with van der Waals surface area (Å²) in [6.07, 6.45) is 3.37. The minimum Gasteiger partial charge on any atom is -0.385 e. The largest absolute Gasteiger partial charge is 0.385 e. The molecule has 0 bridgehead atoms. The van der Waals surface area contributed by atoms with Crippen LogP contribution in [0.4, 0.5) is 0 Å². The molecule has 0 amide bonds. The fourth-order valence-corrected chi connectivity index (χ4v) is 3.31. The first kappa shape index (κ1) is 18.1. The monoisotopic (exact) mass is 281 g/mol. The van der Waals surface area contributed by atoms with E-state index in [1.165, 1.54) is 0 Å². The highest BCUT2D eigenvalue weighted by atomic mass is 31.2. The first-order chi connectivity index (χ1) is 8.68. The van der Waals surface area contributed by atoms with Gasteiger partial charge in [0.1, 0.15) is 0 Å². The molecule has 0 saturated heterocycles. The Morgan fingerprint density at radius 1 is 1.00 bits per heavy atom. The summed E-state index contributed by atoms with van der Waals surface area (Å²) in [6, 6.07) is 0. The third-order valence-electron chi connectivity index (χ3n) is 2.39. The molecule has 0 aromatic carbocycles. The second-order valence-electron chi connectivity index (χ2n) is 3.97. The summed E-state index contributed by atoms with van der Waals surface area (Å²) in [5, 5.41) is 3.32. The van der Waals surface area contributed by atoms with E-state index >= 15 is 0 Å². The molecule has 0 aromatic heterocycles. The van der Waals surface area contributed by atoms with Crippen molar-refractivity contribution in [2.45, 2.75) is 33.1 Å². The number of ether oxygens (including phenoxy) is 1. The lowest BCUT2D eigenvalue weighted by atomic mass is 10.3. The lowest BCUT2D eigenvalue weighted by Crippen LogP contribution is -2.18. The van der Waals surface area contributed by atoms with Crippen LogP contribution >= 0.6 is 7.60 Å². The van der Waals surface area contributed by atoms with E-state index in [9.17, 15) is 4.57 Å². The number of hydrogen-bond acceptors (Lipinski definition) is 5. The van der Waals surface area contributed by atoms with E-state index < -0.39 is 7.60 Å². The zero-order chi connectivity index (χ0) is 13.7. The molecule has 0 aliphatic heterocycles. The van der Waals surface area contributed by atoms with E-state index in [0.29, 0.717) is 19.4 Å². The predicted molar refractivity (Wildman–Crippen MR) is 74.3 cm³/mol. The minimum absolute atomic E-state index is 0.437. The van der Waals surface area contributed by atoms with Gasteiger partial charge in [-0.2, -0.15) is 0 Å². The quantitative estimate of drug-likeness (QED) is 0.415. The fourth-order valence-electron chi connectivity index (χ4n) is 1.58. The Hall–Kier alpha value is 0.0700. The lowest BCUT2D eigenvalue weighted by molar-refractivity contribution is 0.194. The third-order valence-corrected chi connectivity index (χ3v) is 4.56. The van der Waals surface area contributed by atoms with E-state index in [1.807, 2.05) is 13.8 Å². The molecular weight excluding hydrogens is 253 g/mol. The third kappa shape index (κ3) is 10.0. The molecule has 110 valence electrons. The van der Waals surface area contributed by atoms with Crippen molar-refractivity contribution >= 4 is 7.60 Å². The van der Waals surface area contributed by atoms with E-state index in [0.717, 1.165) is 39.0 Å². The van der Waals surface area contributed by atoms with Crippen LogP contribution in [0.5, 0.6) is 0 Å². The second-order valence-corrected chi connectivity index (χ2v) is 6.16. The summed E-state index contributed by atoms with van der Waals surface area (Å²) >= 11 is 0. The van der Waals surface area contributed by atoms with E-state index in [-0.39, 0.29) is 0 Å². The van der Waals surface area contributed by atoms with Crippen LogP contribution in [0.2, 0.25) is 0 Å². The van der Waals surface area contributed by atoms with Gasteiger partial charge in [-0.15, -0.1) is 0 Å². The number of hydrogen-bond donors (Lipinski definition) is 1. The summed E-state index contributed by atoms with van der Waals surface area (Å²) in [6.45, 7) is 7.23. The number of nitrogens with one attached hydrogen (secondary N) is 1. The van der Waals surface area contributed by atoms with E-state index in [1.54, 1.807) is 7.11 Å². The molecule has 0 radical (unpaired) electrons. The number of unbranched alkanes of at least 4 members (excludes halogenated alkanes) is 1. The van der Waals surface area contributed by atoms with E-state index in [2.05, 4.69) is 5.32 Å². The molecule has 18 heavy (non-hydrogen) atoms. The topological polar surface area (TPSA) is 56.8 Å². The fraction of sp³-hybridized carbons (Fsp3) is 1.00. The Bertz CT molecular complexity index is 216. The van der Waals surface area contributed by atoms with Gasteiger partial charge in [0.2, 0.25) is 0 Å². The normalized spacial score (nSPS) is 11.9. The van der Waals surface area contributed by atoms with Gasteiger partial charge in [0.25, 0.3) is 0 Å². The maximum atomic E-state index is 12.1. The Morgan fingerprint density at radius 3 is 2.17 bits per heavy atom. The Morgan fingerprint density at radius 2 is 1.61 bits per heavy atom. The molecule has 0 unspecified atom stereocenters. The molecule has 0 rings (SSSR count). The molecule has 0 fully saturated rings. The Labute approximate surface area is 111 Å². The van der Waals surface area contributed by atoms with Crippen LogP contribution in [0.1, 0.15) is 33.1 Å². The van der Waals surface area contributed by atoms with Crippen LogP contribution < -0.4 is 5.32 Å². The van der Waals surface area contributed by atoms with Crippen LogP contribution in [-0.4, -0.2) is 46.2 Å². The maximum Gasteiger partial charge on any atom is 0.330 e. The highest BCUT2D eigenvalue weighted by Gasteiger charge is 2.22. The first-order valence-electron chi connectivity index (χ1n) is 6.76. The van der Waals surface area contributed by atoms with Gasteiger partial charge in [-0.25, -0.2) is 0 Å². The Kier molecular flexibility index (Phi) is 12.2. The summed E-state index contributed by atoms with van der Waals surface area (Å²) in [5.41, 5.74) is 0. The van der Waals surface area contributed by atoms with Crippen LogP contribution in [0.3, 0.4) is 0 Å². The van der Waals surface area contributed by atoms with Gasteiger partial charge in [0, 0.05) is 13.7 Å². The lowest BCUT2D eigenvalue weighted by Gasteiger charge is -2.16. The molecule has 0 aliphatic rings. The van der Waals surface area contributed by atoms with Gasteiger partial charge in [-0.3, -0.25) is 4.57 Å². The molecule has 0 spiro atoms. The highest BCUT2D eigenvalue weighted by Crippen LogP contribution is 2.48. The van der Waals surface area contributed by atoms with Crippen molar-refractivity contribution in [1.29, 1.82) is 0 Å². The second kappa shape index (κ2) is 12.1. The molecule has 6 heteroatoms. The van der Waals surface area contributed by atoms with Gasteiger partial charge in [-0.05, 0) is 46.2 Å². The highest BCUT2D eigenvalue weighted by molar-refractivity contribution is 7.53. The Balaban J connectivity index is 3.52. The molecule has 0 saturated carbocycles. The minimum atomic E-state index is -2.83. The van der Waals surface area contributed by atoms with Crippen LogP contribution in [0.15, 0.2) is 0 Å². The van der Waals surface area contributed by atoms with Crippen molar-refractivity contribution in [3.8, 4) is 0 Å². The van der Waals surface area contributed by atoms with Crippen LogP contribution in [0.25, 0.3) is 0 Å². The van der Waals surface area contributed by atoms with Crippen LogP contribution in [-0.2, 0) is 18.3 Å². The van der Waals surface area contributed by atoms with Gasteiger partial charge < -0.3 is 19.1 Å². The molecular formula is C12H28NO4P. The standard InChI is InChI=1S/C12H28NO4P/c1-4-16-18(14,17-5-2)12-7-6-9-13-10-8-11-15-3/h13H,4-12H2,1-3H3. The van der Waals surface area contributed by atoms with Crippen molar-refractivity contribution in [1.82, 2.24) is 5.32 Å². The van der Waals surface area contributed by atoms with Crippen molar-refractivity contribution in [3.05, 3.63) is 0 Å². The van der Waals surface area contributed by atoms with Crippen molar-refractivity contribution in [2.24, 2.45) is 0 Å². The van der Waals surface area contributed by atoms with E-state index in [4.69, 9.17) is 13.8 Å². The smallest absolute Gasteiger partial charge is 0.330 e. The van der Waals surface area contributed by atoms with Gasteiger partial charge in [-0.1, -0.05) is 0 Å². The summed E-state index contributed by atoms with van der Waals surface area (Å²) in [5.74, 6) is 0. The van der Waals surface area contributed by atoms with Gasteiger partial charge in [0.15, 0.2) is 0 Å². The molecule has 0 aromatic rings. The van der Waals surface area contributed by atoms with Crippen molar-refractivity contribution in [3.63, 3.8) is 0 Å². The summed E-state index contributed by atoms with van der Waals surface area (Å²) in [7, 11) is -1.13. The average molecular weight is 281 g/mol. The zero-order valence-corrected chi connectivity index (χ0v) is 12.8. The van der Waals surface area contributed by atoms with Gasteiger partial charge in [0.05, 0.1) is 19.4 Å². The summed E-state index contributed by atoms with van der Waals surface area (Å²) < 4.78 is 27.5.